The fourth-order valence-electron chi connectivity index (χ4n) is 1.83. The lowest BCUT2D eigenvalue weighted by atomic mass is 10.0. The molecular formula is C15H23NO2. The molecule has 0 aliphatic heterocycles. The number of aliphatic hydroxyl groups excluding tert-OH is 1. The van der Waals surface area contributed by atoms with Crippen LogP contribution >= 0.6 is 0 Å². The zero-order valence-corrected chi connectivity index (χ0v) is 11.7. The van der Waals surface area contributed by atoms with Crippen LogP contribution in [0.1, 0.15) is 41.8 Å². The zero-order chi connectivity index (χ0) is 13.7. The zero-order valence-electron chi connectivity index (χ0n) is 11.7. The molecule has 1 aromatic carbocycles. The molecule has 100 valence electrons. The second-order valence-corrected chi connectivity index (χ2v) is 5.17. The van der Waals surface area contributed by atoms with Crippen LogP contribution in [-0.2, 0) is 0 Å². The summed E-state index contributed by atoms with van der Waals surface area (Å²) in [6.45, 7) is 8.39. The summed E-state index contributed by atoms with van der Waals surface area (Å²) >= 11 is 0. The highest BCUT2D eigenvalue weighted by molar-refractivity contribution is 5.95. The molecule has 0 radical (unpaired) electrons. The number of carbonyl (C=O) groups excluding carboxylic acids is 1. The van der Waals surface area contributed by atoms with Crippen molar-refractivity contribution in [3.05, 3.63) is 34.9 Å². The lowest BCUT2D eigenvalue weighted by Gasteiger charge is -2.15. The molecule has 0 aromatic heterocycles. The van der Waals surface area contributed by atoms with Crippen LogP contribution in [0.4, 0.5) is 0 Å². The van der Waals surface area contributed by atoms with E-state index in [1.807, 2.05) is 45.9 Å². The van der Waals surface area contributed by atoms with E-state index in [9.17, 15) is 9.90 Å². The molecule has 3 heteroatoms. The number of hydrogen-bond acceptors (Lipinski definition) is 2. The molecule has 0 spiro atoms. The van der Waals surface area contributed by atoms with Gasteiger partial charge in [-0.15, -0.1) is 0 Å². The summed E-state index contributed by atoms with van der Waals surface area (Å²) in [5, 5.41) is 12.5. The van der Waals surface area contributed by atoms with Crippen LogP contribution in [0.25, 0.3) is 0 Å². The molecule has 18 heavy (non-hydrogen) atoms. The fourth-order valence-corrected chi connectivity index (χ4v) is 1.83. The van der Waals surface area contributed by atoms with Gasteiger partial charge in [0.1, 0.15) is 0 Å². The maximum Gasteiger partial charge on any atom is 0.251 e. The standard InChI is InChI=1S/C15H23NO2/c1-10(2)14(17)7-8-16-15(18)13-6-5-11(3)9-12(13)4/h5-6,9-10,14,17H,7-8H2,1-4H3,(H,16,18). The topological polar surface area (TPSA) is 49.3 Å². The van der Waals surface area contributed by atoms with Crippen molar-refractivity contribution in [2.45, 2.75) is 40.2 Å². The summed E-state index contributed by atoms with van der Waals surface area (Å²) in [6, 6.07) is 5.78. The van der Waals surface area contributed by atoms with Gasteiger partial charge in [0.15, 0.2) is 0 Å². The molecule has 1 aromatic rings. The van der Waals surface area contributed by atoms with E-state index < -0.39 is 0 Å². The summed E-state index contributed by atoms with van der Waals surface area (Å²) in [5.41, 5.74) is 2.84. The van der Waals surface area contributed by atoms with Crippen molar-refractivity contribution < 1.29 is 9.90 Å². The largest absolute Gasteiger partial charge is 0.393 e. The van der Waals surface area contributed by atoms with Crippen molar-refractivity contribution in [2.75, 3.05) is 6.54 Å². The molecule has 1 amide bonds. The van der Waals surface area contributed by atoms with Crippen molar-refractivity contribution in [2.24, 2.45) is 5.92 Å². The van der Waals surface area contributed by atoms with Gasteiger partial charge in [-0.3, -0.25) is 4.79 Å². The van der Waals surface area contributed by atoms with Gasteiger partial charge in [0, 0.05) is 12.1 Å². The smallest absolute Gasteiger partial charge is 0.251 e. The molecule has 0 saturated carbocycles. The molecule has 0 aliphatic rings. The first-order chi connectivity index (χ1) is 8.41. The molecule has 1 unspecified atom stereocenters. The van der Waals surface area contributed by atoms with E-state index in [0.717, 1.165) is 11.1 Å². The first-order valence-corrected chi connectivity index (χ1v) is 6.45. The van der Waals surface area contributed by atoms with Crippen LogP contribution in [0.2, 0.25) is 0 Å². The third kappa shape index (κ3) is 4.15. The van der Waals surface area contributed by atoms with Gasteiger partial charge in [-0.05, 0) is 37.8 Å². The van der Waals surface area contributed by atoms with Crippen LogP contribution in [0, 0.1) is 19.8 Å². The lowest BCUT2D eigenvalue weighted by Crippen LogP contribution is -2.29. The van der Waals surface area contributed by atoms with Crippen LogP contribution in [0.15, 0.2) is 18.2 Å². The third-order valence-corrected chi connectivity index (χ3v) is 3.12. The first-order valence-electron chi connectivity index (χ1n) is 6.45. The highest BCUT2D eigenvalue weighted by Crippen LogP contribution is 2.10. The number of aliphatic hydroxyl groups is 1. The highest BCUT2D eigenvalue weighted by atomic mass is 16.3. The quantitative estimate of drug-likeness (QED) is 0.842. The number of rotatable bonds is 5. The Morgan fingerprint density at radius 2 is 2.00 bits per heavy atom. The summed E-state index contributed by atoms with van der Waals surface area (Å²) in [6.07, 6.45) is 0.235. The van der Waals surface area contributed by atoms with Crippen molar-refractivity contribution >= 4 is 5.91 Å². The van der Waals surface area contributed by atoms with Crippen LogP contribution in [0.3, 0.4) is 0 Å². The number of carbonyl (C=O) groups is 1. The molecule has 0 aliphatic carbocycles. The first kappa shape index (κ1) is 14.7. The number of hydrogen-bond donors (Lipinski definition) is 2. The number of nitrogens with one attached hydrogen (secondary N) is 1. The van der Waals surface area contributed by atoms with Crippen molar-refractivity contribution in [3.8, 4) is 0 Å². The molecule has 0 fully saturated rings. The molecule has 0 bridgehead atoms. The average Bonchev–Trinajstić information content (AvgIpc) is 2.28. The van der Waals surface area contributed by atoms with E-state index in [-0.39, 0.29) is 17.9 Å². The Kier molecular flexibility index (Phi) is 5.35. The van der Waals surface area contributed by atoms with Gasteiger partial charge >= 0.3 is 0 Å². The maximum absolute atomic E-state index is 11.9. The predicted octanol–water partition coefficient (Wildman–Crippen LogP) is 2.44. The van der Waals surface area contributed by atoms with E-state index in [4.69, 9.17) is 0 Å². The summed E-state index contributed by atoms with van der Waals surface area (Å²) in [4.78, 5) is 11.9. The van der Waals surface area contributed by atoms with Gasteiger partial charge in [-0.25, -0.2) is 0 Å². The van der Waals surface area contributed by atoms with Gasteiger partial charge < -0.3 is 10.4 Å². The summed E-state index contributed by atoms with van der Waals surface area (Å²) < 4.78 is 0. The molecule has 0 heterocycles. The monoisotopic (exact) mass is 249 g/mol. The van der Waals surface area contributed by atoms with Crippen LogP contribution in [-0.4, -0.2) is 23.7 Å². The molecule has 1 rings (SSSR count). The van der Waals surface area contributed by atoms with Crippen molar-refractivity contribution in [1.82, 2.24) is 5.32 Å². The molecule has 2 N–H and O–H groups in total. The van der Waals surface area contributed by atoms with Crippen molar-refractivity contribution in [1.29, 1.82) is 0 Å². The Morgan fingerprint density at radius 1 is 1.33 bits per heavy atom. The second-order valence-electron chi connectivity index (χ2n) is 5.17. The molecular weight excluding hydrogens is 226 g/mol. The number of amides is 1. The predicted molar refractivity (Wildman–Crippen MR) is 73.7 cm³/mol. The SMILES string of the molecule is Cc1ccc(C(=O)NCCC(O)C(C)C)c(C)c1. The third-order valence-electron chi connectivity index (χ3n) is 3.12. The minimum absolute atomic E-state index is 0.0662. The van der Waals surface area contributed by atoms with E-state index >= 15 is 0 Å². The van der Waals surface area contributed by atoms with Gasteiger partial charge in [-0.1, -0.05) is 31.5 Å². The summed E-state index contributed by atoms with van der Waals surface area (Å²) in [7, 11) is 0. The average molecular weight is 249 g/mol. The van der Waals surface area contributed by atoms with E-state index in [1.54, 1.807) is 0 Å². The maximum atomic E-state index is 11.9. The Hall–Kier alpha value is -1.35. The minimum Gasteiger partial charge on any atom is -0.393 e. The highest BCUT2D eigenvalue weighted by Gasteiger charge is 2.11. The van der Waals surface area contributed by atoms with E-state index in [2.05, 4.69) is 5.32 Å². The normalized spacial score (nSPS) is 12.6. The Labute approximate surface area is 109 Å². The Bertz CT molecular complexity index is 413. The molecule has 3 nitrogen and oxygen atoms in total. The van der Waals surface area contributed by atoms with Crippen LogP contribution in [0.5, 0.6) is 0 Å². The van der Waals surface area contributed by atoms with Crippen LogP contribution < -0.4 is 5.32 Å². The Balaban J connectivity index is 2.51. The van der Waals surface area contributed by atoms with Gasteiger partial charge in [0.25, 0.3) is 5.91 Å². The Morgan fingerprint density at radius 3 is 2.56 bits per heavy atom. The number of benzene rings is 1. The van der Waals surface area contributed by atoms with E-state index in [0.29, 0.717) is 18.5 Å². The van der Waals surface area contributed by atoms with E-state index in [1.165, 1.54) is 0 Å². The lowest BCUT2D eigenvalue weighted by molar-refractivity contribution is 0.0919. The van der Waals surface area contributed by atoms with Crippen molar-refractivity contribution in [3.63, 3.8) is 0 Å². The summed E-state index contributed by atoms with van der Waals surface area (Å²) in [5.74, 6) is 0.159. The van der Waals surface area contributed by atoms with Gasteiger partial charge in [0.2, 0.25) is 0 Å². The second kappa shape index (κ2) is 6.55. The molecule has 0 saturated heterocycles. The van der Waals surface area contributed by atoms with Gasteiger partial charge in [0.05, 0.1) is 6.10 Å². The van der Waals surface area contributed by atoms with Gasteiger partial charge in [-0.2, -0.15) is 0 Å². The molecule has 1 atom stereocenters. The fraction of sp³-hybridized carbons (Fsp3) is 0.533. The number of aryl methyl sites for hydroxylation is 2. The minimum atomic E-state index is -0.357.